The van der Waals surface area contributed by atoms with Gasteiger partial charge in [-0.2, -0.15) is 0 Å². The van der Waals surface area contributed by atoms with Crippen LogP contribution in [0.25, 0.3) is 11.0 Å². The summed E-state index contributed by atoms with van der Waals surface area (Å²) in [4.78, 5) is 0. The Morgan fingerprint density at radius 3 is 2.68 bits per heavy atom. The Kier molecular flexibility index (Phi) is 5.03. The first-order chi connectivity index (χ1) is 9.24. The van der Waals surface area contributed by atoms with Crippen molar-refractivity contribution in [2.24, 2.45) is 5.92 Å². The minimum absolute atomic E-state index is 0.478. The Morgan fingerprint density at radius 2 is 2.00 bits per heavy atom. The summed E-state index contributed by atoms with van der Waals surface area (Å²) in [5, 5.41) is 11.4. The van der Waals surface area contributed by atoms with Gasteiger partial charge in [0.25, 0.3) is 0 Å². The molecular weight excluding hydrogens is 236 g/mol. The molecule has 19 heavy (non-hydrogen) atoms. The minimum atomic E-state index is -0.478. The van der Waals surface area contributed by atoms with Crippen molar-refractivity contribution in [3.8, 4) is 0 Å². The van der Waals surface area contributed by atoms with Gasteiger partial charge in [-0.1, -0.05) is 57.7 Å². The van der Waals surface area contributed by atoms with E-state index in [-0.39, 0.29) is 0 Å². The van der Waals surface area contributed by atoms with Crippen LogP contribution in [0, 0.1) is 5.92 Å². The average Bonchev–Trinajstić information content (AvgIpc) is 2.87. The maximum atomic E-state index is 10.3. The largest absolute Gasteiger partial charge is 0.458 e. The third kappa shape index (κ3) is 3.60. The summed E-state index contributed by atoms with van der Waals surface area (Å²) in [6.07, 6.45) is 5.11. The molecule has 2 rings (SSSR count). The van der Waals surface area contributed by atoms with Crippen molar-refractivity contribution in [3.63, 3.8) is 0 Å². The molecule has 2 unspecified atom stereocenters. The second-order valence-electron chi connectivity index (χ2n) is 5.35. The van der Waals surface area contributed by atoms with Crippen LogP contribution in [0.3, 0.4) is 0 Å². The van der Waals surface area contributed by atoms with Crippen LogP contribution in [-0.2, 0) is 0 Å². The van der Waals surface area contributed by atoms with Crippen molar-refractivity contribution < 1.29 is 9.52 Å². The van der Waals surface area contributed by atoms with Crippen LogP contribution in [-0.4, -0.2) is 5.11 Å². The van der Waals surface area contributed by atoms with E-state index in [4.69, 9.17) is 4.42 Å². The normalized spacial score (nSPS) is 14.7. The lowest BCUT2D eigenvalue weighted by Gasteiger charge is -2.17. The zero-order valence-electron chi connectivity index (χ0n) is 11.9. The molecule has 1 heterocycles. The predicted octanol–water partition coefficient (Wildman–Crippen LogP) is 5.07. The van der Waals surface area contributed by atoms with Crippen LogP contribution in [0.15, 0.2) is 34.7 Å². The van der Waals surface area contributed by atoms with E-state index in [0.29, 0.717) is 11.7 Å². The quantitative estimate of drug-likeness (QED) is 0.753. The van der Waals surface area contributed by atoms with Gasteiger partial charge in [0.05, 0.1) is 0 Å². The van der Waals surface area contributed by atoms with Gasteiger partial charge in [-0.05, 0) is 24.5 Å². The van der Waals surface area contributed by atoms with E-state index in [1.807, 2.05) is 30.3 Å². The first-order valence-corrected chi connectivity index (χ1v) is 7.41. The van der Waals surface area contributed by atoms with Crippen molar-refractivity contribution in [1.29, 1.82) is 0 Å². The summed E-state index contributed by atoms with van der Waals surface area (Å²) >= 11 is 0. The number of aliphatic hydroxyl groups excluding tert-OH is 1. The molecular formula is C17H24O2. The fourth-order valence-electron chi connectivity index (χ4n) is 2.58. The molecule has 0 saturated carbocycles. The summed E-state index contributed by atoms with van der Waals surface area (Å²) in [6.45, 7) is 4.41. The lowest BCUT2D eigenvalue weighted by atomic mass is 9.92. The molecule has 0 aliphatic rings. The van der Waals surface area contributed by atoms with Gasteiger partial charge in [0.1, 0.15) is 17.4 Å². The monoisotopic (exact) mass is 260 g/mol. The molecule has 0 saturated heterocycles. The molecule has 1 aromatic heterocycles. The summed E-state index contributed by atoms with van der Waals surface area (Å²) < 4.78 is 5.73. The van der Waals surface area contributed by atoms with Crippen LogP contribution in [0.4, 0.5) is 0 Å². The maximum absolute atomic E-state index is 10.3. The Labute approximate surface area is 115 Å². The molecule has 0 aliphatic carbocycles. The maximum Gasteiger partial charge on any atom is 0.134 e. The molecule has 0 bridgehead atoms. The number of furan rings is 1. The van der Waals surface area contributed by atoms with E-state index in [9.17, 15) is 5.11 Å². The molecule has 2 atom stereocenters. The van der Waals surface area contributed by atoms with E-state index >= 15 is 0 Å². The SMILES string of the molecule is CCCCC(CC)CC(O)c1cc2ccccc2o1. The number of unbranched alkanes of at least 4 members (excludes halogenated alkanes) is 1. The highest BCUT2D eigenvalue weighted by Gasteiger charge is 2.17. The van der Waals surface area contributed by atoms with Crippen LogP contribution < -0.4 is 0 Å². The highest BCUT2D eigenvalue weighted by molar-refractivity contribution is 5.77. The number of hydrogen-bond donors (Lipinski definition) is 1. The molecule has 0 aliphatic heterocycles. The molecule has 1 aromatic carbocycles. The Morgan fingerprint density at radius 1 is 1.21 bits per heavy atom. The lowest BCUT2D eigenvalue weighted by molar-refractivity contribution is 0.117. The van der Waals surface area contributed by atoms with E-state index in [2.05, 4.69) is 13.8 Å². The van der Waals surface area contributed by atoms with Crippen LogP contribution in [0.1, 0.15) is 57.8 Å². The predicted molar refractivity (Wildman–Crippen MR) is 79.1 cm³/mol. The molecule has 104 valence electrons. The number of rotatable bonds is 7. The molecule has 0 radical (unpaired) electrons. The highest BCUT2D eigenvalue weighted by Crippen LogP contribution is 2.30. The van der Waals surface area contributed by atoms with Crippen LogP contribution >= 0.6 is 0 Å². The number of aliphatic hydroxyl groups is 1. The molecule has 0 spiro atoms. The Balaban J connectivity index is 2.03. The fourth-order valence-corrected chi connectivity index (χ4v) is 2.58. The standard InChI is InChI=1S/C17H24O2/c1-3-5-8-13(4-2)11-15(18)17-12-14-9-6-7-10-16(14)19-17/h6-7,9-10,12-13,15,18H,3-5,8,11H2,1-2H3. The smallest absolute Gasteiger partial charge is 0.134 e. The first kappa shape index (κ1) is 14.1. The van der Waals surface area contributed by atoms with Gasteiger partial charge in [-0.15, -0.1) is 0 Å². The van der Waals surface area contributed by atoms with Gasteiger partial charge >= 0.3 is 0 Å². The van der Waals surface area contributed by atoms with Gasteiger partial charge < -0.3 is 9.52 Å². The molecule has 2 aromatic rings. The number of fused-ring (bicyclic) bond motifs is 1. The van der Waals surface area contributed by atoms with Crippen molar-refractivity contribution in [3.05, 3.63) is 36.1 Å². The van der Waals surface area contributed by atoms with Crippen molar-refractivity contribution >= 4 is 11.0 Å². The summed E-state index contributed by atoms with van der Waals surface area (Å²) in [6, 6.07) is 9.87. The van der Waals surface area contributed by atoms with Gasteiger partial charge in [-0.25, -0.2) is 0 Å². The first-order valence-electron chi connectivity index (χ1n) is 7.41. The second kappa shape index (κ2) is 6.76. The Hall–Kier alpha value is -1.28. The number of para-hydroxylation sites is 1. The van der Waals surface area contributed by atoms with Gasteiger partial charge in [-0.3, -0.25) is 0 Å². The third-order valence-electron chi connectivity index (χ3n) is 3.87. The molecule has 2 nitrogen and oxygen atoms in total. The van der Waals surface area contributed by atoms with Crippen LogP contribution in [0.2, 0.25) is 0 Å². The number of hydrogen-bond acceptors (Lipinski definition) is 2. The van der Waals surface area contributed by atoms with E-state index < -0.39 is 6.10 Å². The van der Waals surface area contributed by atoms with Gasteiger partial charge in [0.15, 0.2) is 0 Å². The zero-order chi connectivity index (χ0) is 13.7. The molecule has 2 heteroatoms. The zero-order valence-corrected chi connectivity index (χ0v) is 11.9. The van der Waals surface area contributed by atoms with Crippen LogP contribution in [0.5, 0.6) is 0 Å². The second-order valence-corrected chi connectivity index (χ2v) is 5.35. The Bertz CT molecular complexity index is 468. The van der Waals surface area contributed by atoms with Crippen molar-refractivity contribution in [1.82, 2.24) is 0 Å². The molecule has 1 N–H and O–H groups in total. The van der Waals surface area contributed by atoms with E-state index in [0.717, 1.165) is 23.8 Å². The third-order valence-corrected chi connectivity index (χ3v) is 3.87. The van der Waals surface area contributed by atoms with E-state index in [1.165, 1.54) is 19.3 Å². The van der Waals surface area contributed by atoms with Crippen molar-refractivity contribution in [2.45, 2.75) is 52.1 Å². The fraction of sp³-hybridized carbons (Fsp3) is 0.529. The van der Waals surface area contributed by atoms with Crippen molar-refractivity contribution in [2.75, 3.05) is 0 Å². The lowest BCUT2D eigenvalue weighted by Crippen LogP contribution is -2.06. The van der Waals surface area contributed by atoms with Gasteiger partial charge in [0.2, 0.25) is 0 Å². The summed E-state index contributed by atoms with van der Waals surface area (Å²) in [7, 11) is 0. The topological polar surface area (TPSA) is 33.4 Å². The summed E-state index contributed by atoms with van der Waals surface area (Å²) in [5.74, 6) is 1.29. The minimum Gasteiger partial charge on any atom is -0.458 e. The highest BCUT2D eigenvalue weighted by atomic mass is 16.4. The molecule has 0 fully saturated rings. The average molecular weight is 260 g/mol. The van der Waals surface area contributed by atoms with E-state index in [1.54, 1.807) is 0 Å². The molecule has 0 amide bonds. The summed E-state index contributed by atoms with van der Waals surface area (Å²) in [5.41, 5.74) is 0.859. The number of benzene rings is 1. The van der Waals surface area contributed by atoms with Gasteiger partial charge in [0, 0.05) is 5.39 Å².